The molecule has 1 saturated carbocycles. The maximum atomic E-state index is 5.38. The molecular formula is C14H21BrN4O. The summed E-state index contributed by atoms with van der Waals surface area (Å²) in [7, 11) is 0. The molecular weight excluding hydrogens is 320 g/mol. The molecule has 1 aromatic rings. The summed E-state index contributed by atoms with van der Waals surface area (Å²) < 4.78 is 6.25. The Balaban J connectivity index is 1.58. The van der Waals surface area contributed by atoms with Crippen LogP contribution in [0.5, 0.6) is 0 Å². The van der Waals surface area contributed by atoms with Gasteiger partial charge in [0, 0.05) is 37.7 Å². The molecule has 1 aliphatic carbocycles. The lowest BCUT2D eigenvalue weighted by Crippen LogP contribution is -2.42. The number of nitrogens with zero attached hydrogens (tertiary/aromatic N) is 3. The second kappa shape index (κ2) is 6.37. The molecule has 1 unspecified atom stereocenters. The number of halogens is 1. The molecule has 110 valence electrons. The van der Waals surface area contributed by atoms with Crippen LogP contribution in [0, 0.1) is 0 Å². The zero-order chi connectivity index (χ0) is 13.9. The predicted molar refractivity (Wildman–Crippen MR) is 82.1 cm³/mol. The average molecular weight is 341 g/mol. The molecule has 0 aromatic carbocycles. The lowest BCUT2D eigenvalue weighted by Gasteiger charge is -2.29. The number of morpholine rings is 1. The molecule has 20 heavy (non-hydrogen) atoms. The van der Waals surface area contributed by atoms with Crippen LogP contribution in [-0.2, 0) is 4.74 Å². The van der Waals surface area contributed by atoms with Gasteiger partial charge in [-0.25, -0.2) is 9.97 Å². The van der Waals surface area contributed by atoms with Crippen LogP contribution >= 0.6 is 15.9 Å². The third-order valence-electron chi connectivity index (χ3n) is 3.68. The van der Waals surface area contributed by atoms with Gasteiger partial charge in [-0.3, -0.25) is 4.90 Å². The van der Waals surface area contributed by atoms with E-state index in [-0.39, 0.29) is 0 Å². The van der Waals surface area contributed by atoms with E-state index < -0.39 is 0 Å². The van der Waals surface area contributed by atoms with Gasteiger partial charge in [-0.05, 0) is 35.7 Å². The highest BCUT2D eigenvalue weighted by Crippen LogP contribution is 2.38. The highest BCUT2D eigenvalue weighted by atomic mass is 79.9. The Morgan fingerprint density at radius 1 is 1.40 bits per heavy atom. The summed E-state index contributed by atoms with van der Waals surface area (Å²) in [5, 5.41) is 3.49. The quantitative estimate of drug-likeness (QED) is 0.833. The zero-order valence-corrected chi connectivity index (χ0v) is 13.4. The van der Waals surface area contributed by atoms with Crippen molar-refractivity contribution in [3.8, 4) is 0 Å². The lowest BCUT2D eigenvalue weighted by molar-refractivity contribution is 0.0368. The summed E-state index contributed by atoms with van der Waals surface area (Å²) >= 11 is 3.48. The minimum atomic E-state index is 0.363. The normalized spacial score (nSPS) is 21.7. The summed E-state index contributed by atoms with van der Waals surface area (Å²) in [4.78, 5) is 11.5. The van der Waals surface area contributed by atoms with Crippen LogP contribution in [0.3, 0.4) is 0 Å². The smallest absolute Gasteiger partial charge is 0.135 e. The second-order valence-electron chi connectivity index (χ2n) is 5.67. The van der Waals surface area contributed by atoms with E-state index >= 15 is 0 Å². The van der Waals surface area contributed by atoms with Crippen molar-refractivity contribution < 1.29 is 4.74 Å². The Kier molecular flexibility index (Phi) is 4.53. The third-order valence-corrected chi connectivity index (χ3v) is 4.09. The molecule has 6 heteroatoms. The Morgan fingerprint density at radius 3 is 2.85 bits per heavy atom. The SMILES string of the molecule is CC(CN1CCOCC1)Nc1cc(Br)nc(C2CC2)n1. The van der Waals surface area contributed by atoms with Crippen molar-refractivity contribution in [1.82, 2.24) is 14.9 Å². The van der Waals surface area contributed by atoms with Crippen LogP contribution in [0.1, 0.15) is 31.5 Å². The van der Waals surface area contributed by atoms with Gasteiger partial charge in [0.05, 0.1) is 13.2 Å². The van der Waals surface area contributed by atoms with Crippen molar-refractivity contribution in [2.24, 2.45) is 0 Å². The van der Waals surface area contributed by atoms with Gasteiger partial charge in [-0.2, -0.15) is 0 Å². The molecule has 1 aromatic heterocycles. The molecule has 0 radical (unpaired) electrons. The molecule has 5 nitrogen and oxygen atoms in total. The van der Waals surface area contributed by atoms with Crippen molar-refractivity contribution in [3.05, 3.63) is 16.5 Å². The van der Waals surface area contributed by atoms with E-state index in [0.717, 1.165) is 49.1 Å². The number of hydrogen-bond donors (Lipinski definition) is 1. The van der Waals surface area contributed by atoms with Gasteiger partial charge < -0.3 is 10.1 Å². The van der Waals surface area contributed by atoms with Gasteiger partial charge in [0.15, 0.2) is 0 Å². The summed E-state index contributed by atoms with van der Waals surface area (Å²) in [5.41, 5.74) is 0. The number of rotatable bonds is 5. The number of ether oxygens (including phenoxy) is 1. The molecule has 0 amide bonds. The van der Waals surface area contributed by atoms with Crippen molar-refractivity contribution in [2.45, 2.75) is 31.7 Å². The first-order valence-corrected chi connectivity index (χ1v) is 8.11. The molecule has 1 saturated heterocycles. The monoisotopic (exact) mass is 340 g/mol. The van der Waals surface area contributed by atoms with Gasteiger partial charge in [0.1, 0.15) is 16.2 Å². The molecule has 0 spiro atoms. The fourth-order valence-electron chi connectivity index (χ4n) is 2.50. The van der Waals surface area contributed by atoms with E-state index in [4.69, 9.17) is 4.74 Å². The highest BCUT2D eigenvalue weighted by molar-refractivity contribution is 9.10. The van der Waals surface area contributed by atoms with E-state index in [1.54, 1.807) is 0 Å². The minimum absolute atomic E-state index is 0.363. The van der Waals surface area contributed by atoms with E-state index in [1.165, 1.54) is 12.8 Å². The molecule has 2 fully saturated rings. The van der Waals surface area contributed by atoms with Crippen LogP contribution in [0.4, 0.5) is 5.82 Å². The van der Waals surface area contributed by atoms with Gasteiger partial charge in [-0.15, -0.1) is 0 Å². The highest BCUT2D eigenvalue weighted by Gasteiger charge is 2.27. The number of aromatic nitrogens is 2. The fraction of sp³-hybridized carbons (Fsp3) is 0.714. The zero-order valence-electron chi connectivity index (χ0n) is 11.8. The maximum Gasteiger partial charge on any atom is 0.135 e. The first kappa shape index (κ1) is 14.2. The predicted octanol–water partition coefficient (Wildman–Crippen LogP) is 2.25. The van der Waals surface area contributed by atoms with Crippen LogP contribution in [-0.4, -0.2) is 53.8 Å². The number of hydrogen-bond acceptors (Lipinski definition) is 5. The largest absolute Gasteiger partial charge is 0.379 e. The van der Waals surface area contributed by atoms with Crippen LogP contribution in [0.2, 0.25) is 0 Å². The summed E-state index contributed by atoms with van der Waals surface area (Å²) in [6.07, 6.45) is 2.44. The fourth-order valence-corrected chi connectivity index (χ4v) is 2.90. The standard InChI is InChI=1S/C14H21BrN4O/c1-10(9-19-4-6-20-7-5-19)16-13-8-12(15)17-14(18-13)11-2-3-11/h8,10-11H,2-7,9H2,1H3,(H,16,17,18). The number of anilines is 1. The second-order valence-corrected chi connectivity index (χ2v) is 6.48. The Hall–Kier alpha value is -0.720. The average Bonchev–Trinajstić information content (AvgIpc) is 3.23. The molecule has 1 aliphatic heterocycles. The third kappa shape index (κ3) is 3.90. The molecule has 3 rings (SSSR count). The van der Waals surface area contributed by atoms with Crippen LogP contribution in [0.25, 0.3) is 0 Å². The molecule has 0 bridgehead atoms. The van der Waals surface area contributed by atoms with Gasteiger partial charge in [0.25, 0.3) is 0 Å². The lowest BCUT2D eigenvalue weighted by atomic mass is 10.3. The topological polar surface area (TPSA) is 50.3 Å². The van der Waals surface area contributed by atoms with Gasteiger partial charge in [-0.1, -0.05) is 0 Å². The Morgan fingerprint density at radius 2 is 2.15 bits per heavy atom. The van der Waals surface area contributed by atoms with Crippen molar-refractivity contribution in [2.75, 3.05) is 38.2 Å². The van der Waals surface area contributed by atoms with Crippen molar-refractivity contribution in [3.63, 3.8) is 0 Å². The van der Waals surface area contributed by atoms with Gasteiger partial charge >= 0.3 is 0 Å². The molecule has 1 atom stereocenters. The van der Waals surface area contributed by atoms with Gasteiger partial charge in [0.2, 0.25) is 0 Å². The maximum absolute atomic E-state index is 5.38. The molecule has 2 heterocycles. The van der Waals surface area contributed by atoms with Crippen LogP contribution in [0.15, 0.2) is 10.7 Å². The van der Waals surface area contributed by atoms with Crippen molar-refractivity contribution >= 4 is 21.7 Å². The van der Waals surface area contributed by atoms with Crippen LogP contribution < -0.4 is 5.32 Å². The summed E-state index contributed by atoms with van der Waals surface area (Å²) in [5.74, 6) is 2.47. The molecule has 2 aliphatic rings. The van der Waals surface area contributed by atoms with E-state index in [0.29, 0.717) is 12.0 Å². The number of nitrogens with one attached hydrogen (secondary N) is 1. The van der Waals surface area contributed by atoms with E-state index in [1.807, 2.05) is 6.07 Å². The first-order chi connectivity index (χ1) is 9.70. The Bertz CT molecular complexity index is 460. The summed E-state index contributed by atoms with van der Waals surface area (Å²) in [6, 6.07) is 2.32. The Labute approximate surface area is 128 Å². The van der Waals surface area contributed by atoms with E-state index in [9.17, 15) is 0 Å². The summed E-state index contributed by atoms with van der Waals surface area (Å²) in [6.45, 7) is 6.95. The molecule has 1 N–H and O–H groups in total. The first-order valence-electron chi connectivity index (χ1n) is 7.32. The van der Waals surface area contributed by atoms with E-state index in [2.05, 4.69) is 43.0 Å². The minimum Gasteiger partial charge on any atom is -0.379 e. The van der Waals surface area contributed by atoms with Crippen molar-refractivity contribution in [1.29, 1.82) is 0 Å².